The van der Waals surface area contributed by atoms with Crippen molar-refractivity contribution in [3.63, 3.8) is 0 Å². The Morgan fingerprint density at radius 3 is 2.06 bits per heavy atom. The van der Waals surface area contributed by atoms with E-state index in [1.165, 1.54) is 11.8 Å². The van der Waals surface area contributed by atoms with E-state index in [9.17, 15) is 39.0 Å². The molecule has 0 aromatic heterocycles. The first kappa shape index (κ1) is 39.7. The molecule has 1 aromatic carbocycles. The normalized spacial score (nSPS) is 26.4. The molecule has 2 saturated heterocycles. The lowest BCUT2D eigenvalue weighted by molar-refractivity contribution is -0.143. The summed E-state index contributed by atoms with van der Waals surface area (Å²) in [5.74, 6) is -4.76. The molecule has 0 spiro atoms. The third-order valence-corrected chi connectivity index (χ3v) is 8.53. The molecule has 276 valence electrons. The third kappa shape index (κ3) is 11.4. The van der Waals surface area contributed by atoms with Crippen molar-refractivity contribution in [3.8, 4) is 0 Å². The summed E-state index contributed by atoms with van der Waals surface area (Å²) in [4.78, 5) is 87.3. The summed E-state index contributed by atoms with van der Waals surface area (Å²) in [5.41, 5.74) is 11.5. The molecular weight excluding hydrogens is 650 g/mol. The van der Waals surface area contributed by atoms with Gasteiger partial charge in [-0.3, -0.25) is 33.8 Å². The summed E-state index contributed by atoms with van der Waals surface area (Å²) in [6.07, 6.45) is -0.239. The van der Waals surface area contributed by atoms with Crippen molar-refractivity contribution in [1.29, 1.82) is 0 Å². The van der Waals surface area contributed by atoms with Gasteiger partial charge in [-0.2, -0.15) is 0 Å². The van der Waals surface area contributed by atoms with Crippen molar-refractivity contribution in [1.82, 2.24) is 31.5 Å². The van der Waals surface area contributed by atoms with Gasteiger partial charge < -0.3 is 53.2 Å². The average Bonchev–Trinajstić information content (AvgIpc) is 3.56. The van der Waals surface area contributed by atoms with Gasteiger partial charge >= 0.3 is 0 Å². The van der Waals surface area contributed by atoms with Crippen LogP contribution in [0.25, 0.3) is 0 Å². The molecule has 2 fully saturated rings. The van der Waals surface area contributed by atoms with Crippen molar-refractivity contribution in [3.05, 3.63) is 35.9 Å². The van der Waals surface area contributed by atoms with Crippen LogP contribution in [-0.4, -0.2) is 119 Å². The van der Waals surface area contributed by atoms with Gasteiger partial charge in [-0.15, -0.1) is 0 Å². The summed E-state index contributed by atoms with van der Waals surface area (Å²) in [7, 11) is 0. The number of amides is 6. The maximum absolute atomic E-state index is 14.0. The van der Waals surface area contributed by atoms with Gasteiger partial charge in [-0.1, -0.05) is 44.2 Å². The highest BCUT2D eigenvalue weighted by atomic mass is 16.3. The van der Waals surface area contributed by atoms with Crippen LogP contribution in [0.5, 0.6) is 0 Å². The number of aliphatic hydroxyl groups excluding tert-OH is 2. The van der Waals surface area contributed by atoms with Crippen LogP contribution in [0.2, 0.25) is 0 Å². The smallest absolute Gasteiger partial charge is 0.245 e. The molecule has 50 heavy (non-hydrogen) atoms. The van der Waals surface area contributed by atoms with Crippen LogP contribution in [0.3, 0.4) is 0 Å². The number of aliphatic imine (C=N–C) groups is 1. The van der Waals surface area contributed by atoms with Gasteiger partial charge in [-0.05, 0) is 50.5 Å². The summed E-state index contributed by atoms with van der Waals surface area (Å²) >= 11 is 0. The fraction of sp³-hybridized carbons (Fsp3) is 0.606. The Morgan fingerprint density at radius 1 is 0.840 bits per heavy atom. The van der Waals surface area contributed by atoms with Crippen molar-refractivity contribution in [2.45, 2.75) is 102 Å². The van der Waals surface area contributed by atoms with Crippen LogP contribution in [0.1, 0.15) is 58.4 Å². The fourth-order valence-electron chi connectivity index (χ4n) is 5.95. The number of nitrogens with zero attached hydrogens (tertiary/aromatic N) is 2. The van der Waals surface area contributed by atoms with E-state index in [2.05, 4.69) is 31.6 Å². The molecule has 2 heterocycles. The number of rotatable bonds is 10. The molecule has 0 saturated carbocycles. The third-order valence-electron chi connectivity index (χ3n) is 8.53. The predicted molar refractivity (Wildman–Crippen MR) is 183 cm³/mol. The topological polar surface area (TPSA) is 271 Å². The zero-order valence-electron chi connectivity index (χ0n) is 28.8. The SMILES string of the molecule is CC(C)C[C@@H]1NC(=O)[C@H]([C@@H](C)O)NC(=O)[C@H](CCCN=C(N)N)NC(=O)[C@H](CO)NC(=O)[C@H](Cc2ccccc2)NC(=O)[C@@H]2CCCN2C1=O. The molecule has 2 aliphatic heterocycles. The van der Waals surface area contributed by atoms with Crippen LogP contribution in [0, 0.1) is 5.92 Å². The van der Waals surface area contributed by atoms with E-state index in [0.29, 0.717) is 18.4 Å². The number of aliphatic hydroxyl groups is 2. The average molecular weight is 702 g/mol. The first-order valence-electron chi connectivity index (χ1n) is 16.9. The minimum Gasteiger partial charge on any atom is -0.394 e. The van der Waals surface area contributed by atoms with Crippen molar-refractivity contribution >= 4 is 41.4 Å². The number of nitrogens with two attached hydrogens (primary N) is 2. The maximum atomic E-state index is 14.0. The van der Waals surface area contributed by atoms with Crippen molar-refractivity contribution in [2.75, 3.05) is 19.7 Å². The Labute approximate surface area is 291 Å². The zero-order valence-corrected chi connectivity index (χ0v) is 28.8. The second kappa shape index (κ2) is 18.8. The molecule has 11 N–H and O–H groups in total. The van der Waals surface area contributed by atoms with Gasteiger partial charge in [-0.25, -0.2) is 0 Å². The Bertz CT molecular complexity index is 1390. The van der Waals surface area contributed by atoms with E-state index in [-0.39, 0.29) is 50.7 Å². The molecule has 7 atom stereocenters. The number of nitrogens with one attached hydrogen (secondary N) is 5. The van der Waals surface area contributed by atoms with Gasteiger partial charge in [0.1, 0.15) is 36.3 Å². The molecule has 0 unspecified atom stereocenters. The van der Waals surface area contributed by atoms with Gasteiger partial charge in [0.2, 0.25) is 35.4 Å². The Kier molecular flexibility index (Phi) is 14.9. The summed E-state index contributed by atoms with van der Waals surface area (Å²) in [6.45, 7) is 4.46. The van der Waals surface area contributed by atoms with Crippen LogP contribution >= 0.6 is 0 Å². The summed E-state index contributed by atoms with van der Waals surface area (Å²) in [5, 5.41) is 33.6. The molecule has 6 amide bonds. The largest absolute Gasteiger partial charge is 0.394 e. The monoisotopic (exact) mass is 701 g/mol. The predicted octanol–water partition coefficient (Wildman–Crippen LogP) is -2.87. The standard InChI is InChI=1S/C33H51N9O8/c1-18(2)15-23-32(50)42-14-8-12-25(42)30(48)38-22(16-20-9-5-4-6-10-20)28(46)40-24(17-43)29(47)37-21(11-7-13-36-33(34)35)27(45)41-26(19(3)44)31(49)39-23/h4-6,9-10,18-19,21-26,43-44H,7-8,11-17H2,1-3H3,(H,37,47)(H,38,48)(H,39,49)(H,40,46)(H,41,45)(H4,34,35,36)/t19-,21+,22+,23+,24+,25+,26+/m1/s1. The van der Waals surface area contributed by atoms with Gasteiger partial charge in [0.05, 0.1) is 12.7 Å². The van der Waals surface area contributed by atoms with Crippen LogP contribution < -0.4 is 38.1 Å². The highest BCUT2D eigenvalue weighted by Crippen LogP contribution is 2.21. The van der Waals surface area contributed by atoms with Gasteiger partial charge in [0.25, 0.3) is 0 Å². The van der Waals surface area contributed by atoms with Crippen LogP contribution in [0.4, 0.5) is 0 Å². The Hall–Kier alpha value is -4.77. The van der Waals surface area contributed by atoms with Crippen molar-refractivity contribution in [2.24, 2.45) is 22.4 Å². The van der Waals surface area contributed by atoms with E-state index in [1.807, 2.05) is 13.8 Å². The number of hydrogen-bond donors (Lipinski definition) is 9. The maximum Gasteiger partial charge on any atom is 0.245 e. The lowest BCUT2D eigenvalue weighted by Gasteiger charge is -2.32. The zero-order chi connectivity index (χ0) is 37.0. The second-order valence-electron chi connectivity index (χ2n) is 13.1. The number of benzene rings is 1. The van der Waals surface area contributed by atoms with E-state index in [1.54, 1.807) is 30.3 Å². The molecular formula is C33H51N9O8. The number of carbonyl (C=O) groups is 6. The first-order chi connectivity index (χ1) is 23.7. The van der Waals surface area contributed by atoms with Crippen LogP contribution in [-0.2, 0) is 35.2 Å². The number of fused-ring (bicyclic) bond motifs is 1. The molecule has 0 radical (unpaired) electrons. The number of hydrogen-bond acceptors (Lipinski definition) is 9. The molecule has 17 nitrogen and oxygen atoms in total. The minimum absolute atomic E-state index is 0.0292. The second-order valence-corrected chi connectivity index (χ2v) is 13.1. The van der Waals surface area contributed by atoms with Crippen molar-refractivity contribution < 1.29 is 39.0 Å². The first-order valence-corrected chi connectivity index (χ1v) is 16.9. The molecule has 1 aromatic rings. The van der Waals surface area contributed by atoms with E-state index in [4.69, 9.17) is 11.5 Å². The molecule has 0 aliphatic carbocycles. The van der Waals surface area contributed by atoms with E-state index in [0.717, 1.165) is 0 Å². The summed E-state index contributed by atoms with van der Waals surface area (Å²) < 4.78 is 0. The highest BCUT2D eigenvalue weighted by molar-refractivity contribution is 5.98. The molecule has 0 bridgehead atoms. The van der Waals surface area contributed by atoms with E-state index < -0.39 is 84.4 Å². The lowest BCUT2D eigenvalue weighted by atomic mass is 10.0. The quantitative estimate of drug-likeness (QED) is 0.0684. The summed E-state index contributed by atoms with van der Waals surface area (Å²) in [6, 6.07) is 1.18. The Morgan fingerprint density at radius 2 is 1.44 bits per heavy atom. The number of carbonyl (C=O) groups excluding carboxylic acids is 6. The Balaban J connectivity index is 2.04. The van der Waals surface area contributed by atoms with Gasteiger partial charge in [0, 0.05) is 19.5 Å². The van der Waals surface area contributed by atoms with Gasteiger partial charge in [0.15, 0.2) is 5.96 Å². The highest BCUT2D eigenvalue weighted by Gasteiger charge is 2.41. The molecule has 2 aliphatic rings. The number of guanidine groups is 1. The lowest BCUT2D eigenvalue weighted by Crippen LogP contribution is -2.63. The minimum atomic E-state index is -1.54. The fourth-order valence-corrected chi connectivity index (χ4v) is 5.95. The van der Waals surface area contributed by atoms with E-state index >= 15 is 0 Å². The molecule has 3 rings (SSSR count). The van der Waals surface area contributed by atoms with Crippen LogP contribution in [0.15, 0.2) is 35.3 Å². The molecule has 17 heteroatoms.